The molecule has 0 spiro atoms. The standard InChI is InChI=1S/C15H20FN3OS/c1-10(11-5-7-12(16)8-6-11)17-9-13-14(20-4)18-15(21-13)19(2)3/h5-8,10,17H,9H2,1-4H3/t10-/m1/s1. The number of rotatable bonds is 6. The summed E-state index contributed by atoms with van der Waals surface area (Å²) in [5.41, 5.74) is 1.05. The molecule has 2 rings (SSSR count). The minimum atomic E-state index is -0.217. The summed E-state index contributed by atoms with van der Waals surface area (Å²) in [6.45, 7) is 2.71. The van der Waals surface area contributed by atoms with Crippen LogP contribution < -0.4 is 15.0 Å². The first-order chi connectivity index (χ1) is 10.0. The Hall–Kier alpha value is -1.66. The Kier molecular flexibility index (Phi) is 5.14. The lowest BCUT2D eigenvalue weighted by Crippen LogP contribution is -2.17. The van der Waals surface area contributed by atoms with Crippen molar-refractivity contribution in [2.24, 2.45) is 0 Å². The number of halogens is 1. The van der Waals surface area contributed by atoms with Gasteiger partial charge >= 0.3 is 0 Å². The van der Waals surface area contributed by atoms with Crippen molar-refractivity contribution in [1.82, 2.24) is 10.3 Å². The van der Waals surface area contributed by atoms with Gasteiger partial charge in [-0.1, -0.05) is 23.5 Å². The molecule has 1 aromatic heterocycles. The van der Waals surface area contributed by atoms with Gasteiger partial charge < -0.3 is 15.0 Å². The van der Waals surface area contributed by atoms with Gasteiger partial charge in [0.25, 0.3) is 0 Å². The van der Waals surface area contributed by atoms with Gasteiger partial charge in [-0.25, -0.2) is 4.39 Å². The highest BCUT2D eigenvalue weighted by Crippen LogP contribution is 2.30. The number of hydrogen-bond donors (Lipinski definition) is 1. The summed E-state index contributed by atoms with van der Waals surface area (Å²) in [6, 6.07) is 6.67. The molecule has 114 valence electrons. The molecule has 0 unspecified atom stereocenters. The van der Waals surface area contributed by atoms with Crippen molar-refractivity contribution in [3.63, 3.8) is 0 Å². The number of hydrogen-bond acceptors (Lipinski definition) is 5. The molecule has 1 atom stereocenters. The molecule has 0 aliphatic carbocycles. The third-order valence-electron chi connectivity index (χ3n) is 3.16. The smallest absolute Gasteiger partial charge is 0.230 e. The van der Waals surface area contributed by atoms with E-state index >= 15 is 0 Å². The Morgan fingerprint density at radius 2 is 2.00 bits per heavy atom. The van der Waals surface area contributed by atoms with E-state index in [1.54, 1.807) is 30.6 Å². The molecule has 2 aromatic rings. The molecule has 0 saturated heterocycles. The Balaban J connectivity index is 2.03. The molecule has 21 heavy (non-hydrogen) atoms. The Morgan fingerprint density at radius 3 is 2.57 bits per heavy atom. The fourth-order valence-electron chi connectivity index (χ4n) is 1.90. The summed E-state index contributed by atoms with van der Waals surface area (Å²) in [5.74, 6) is 0.438. The summed E-state index contributed by atoms with van der Waals surface area (Å²) in [7, 11) is 5.54. The van der Waals surface area contributed by atoms with E-state index in [9.17, 15) is 4.39 Å². The Morgan fingerprint density at radius 1 is 1.33 bits per heavy atom. The molecule has 6 heteroatoms. The van der Waals surface area contributed by atoms with E-state index < -0.39 is 0 Å². The van der Waals surface area contributed by atoms with Crippen LogP contribution in [0, 0.1) is 5.82 Å². The van der Waals surface area contributed by atoms with Gasteiger partial charge in [0.05, 0.1) is 12.0 Å². The SMILES string of the molecule is COc1nc(N(C)C)sc1CN[C@H](C)c1ccc(F)cc1. The zero-order valence-electron chi connectivity index (χ0n) is 12.7. The van der Waals surface area contributed by atoms with E-state index in [4.69, 9.17) is 4.74 Å². The zero-order valence-corrected chi connectivity index (χ0v) is 13.5. The largest absolute Gasteiger partial charge is 0.480 e. The van der Waals surface area contributed by atoms with Gasteiger partial charge in [0.1, 0.15) is 5.82 Å². The summed E-state index contributed by atoms with van der Waals surface area (Å²) in [6.07, 6.45) is 0. The van der Waals surface area contributed by atoms with Crippen LogP contribution in [-0.2, 0) is 6.54 Å². The second kappa shape index (κ2) is 6.87. The number of nitrogens with zero attached hydrogens (tertiary/aromatic N) is 2. The van der Waals surface area contributed by atoms with Crippen LogP contribution in [-0.4, -0.2) is 26.2 Å². The van der Waals surface area contributed by atoms with Crippen molar-refractivity contribution in [3.8, 4) is 5.88 Å². The molecule has 0 fully saturated rings. The number of nitrogens with one attached hydrogen (secondary N) is 1. The van der Waals surface area contributed by atoms with Gasteiger partial charge in [0.2, 0.25) is 5.88 Å². The minimum absolute atomic E-state index is 0.125. The van der Waals surface area contributed by atoms with Crippen LogP contribution in [0.5, 0.6) is 5.88 Å². The van der Waals surface area contributed by atoms with Crippen molar-refractivity contribution in [3.05, 3.63) is 40.5 Å². The third-order valence-corrected chi connectivity index (χ3v) is 4.37. The van der Waals surface area contributed by atoms with Crippen molar-refractivity contribution < 1.29 is 9.13 Å². The number of aromatic nitrogens is 1. The predicted molar refractivity (Wildman–Crippen MR) is 84.6 cm³/mol. The number of anilines is 1. The fraction of sp³-hybridized carbons (Fsp3) is 0.400. The van der Waals surface area contributed by atoms with Crippen LogP contribution in [0.3, 0.4) is 0 Å². The molecule has 4 nitrogen and oxygen atoms in total. The van der Waals surface area contributed by atoms with E-state index in [0.29, 0.717) is 12.4 Å². The molecule has 0 bridgehead atoms. The number of thiazole rings is 1. The monoisotopic (exact) mass is 309 g/mol. The van der Waals surface area contributed by atoms with Crippen LogP contribution in [0.15, 0.2) is 24.3 Å². The highest BCUT2D eigenvalue weighted by molar-refractivity contribution is 7.15. The highest BCUT2D eigenvalue weighted by atomic mass is 32.1. The highest BCUT2D eigenvalue weighted by Gasteiger charge is 2.14. The fourth-order valence-corrected chi connectivity index (χ4v) is 2.81. The van der Waals surface area contributed by atoms with Crippen molar-refractivity contribution in [1.29, 1.82) is 0 Å². The number of ether oxygens (including phenoxy) is 1. The zero-order chi connectivity index (χ0) is 15.4. The van der Waals surface area contributed by atoms with E-state index in [2.05, 4.69) is 10.3 Å². The van der Waals surface area contributed by atoms with Crippen LogP contribution in [0.1, 0.15) is 23.4 Å². The van der Waals surface area contributed by atoms with E-state index in [0.717, 1.165) is 15.6 Å². The number of benzene rings is 1. The second-order valence-corrected chi connectivity index (χ2v) is 6.04. The first-order valence-corrected chi connectivity index (χ1v) is 7.52. The molecule has 0 amide bonds. The summed E-state index contributed by atoms with van der Waals surface area (Å²) in [4.78, 5) is 7.43. The third kappa shape index (κ3) is 3.92. The maximum atomic E-state index is 12.9. The van der Waals surface area contributed by atoms with Gasteiger partial charge in [-0.2, -0.15) is 4.98 Å². The van der Waals surface area contributed by atoms with Crippen LogP contribution in [0.4, 0.5) is 9.52 Å². The molecule has 0 aliphatic rings. The lowest BCUT2D eigenvalue weighted by atomic mass is 10.1. The van der Waals surface area contributed by atoms with Gasteiger partial charge in [0, 0.05) is 26.7 Å². The molecule has 1 N–H and O–H groups in total. The van der Waals surface area contributed by atoms with E-state index in [-0.39, 0.29) is 11.9 Å². The van der Waals surface area contributed by atoms with Crippen molar-refractivity contribution in [2.45, 2.75) is 19.5 Å². The van der Waals surface area contributed by atoms with Crippen LogP contribution in [0.25, 0.3) is 0 Å². The Labute approximate surface area is 128 Å². The molecule has 0 aliphatic heterocycles. The normalized spacial score (nSPS) is 12.2. The first kappa shape index (κ1) is 15.7. The number of methoxy groups -OCH3 is 1. The molecule has 1 heterocycles. The van der Waals surface area contributed by atoms with E-state index in [1.165, 1.54) is 12.1 Å². The van der Waals surface area contributed by atoms with Gasteiger partial charge in [-0.15, -0.1) is 0 Å². The summed E-state index contributed by atoms with van der Waals surface area (Å²) in [5, 5.41) is 4.33. The quantitative estimate of drug-likeness (QED) is 0.889. The average molecular weight is 309 g/mol. The second-order valence-electron chi connectivity index (χ2n) is 4.98. The lowest BCUT2D eigenvalue weighted by Gasteiger charge is -2.13. The molecular formula is C15H20FN3OS. The van der Waals surface area contributed by atoms with Crippen molar-refractivity contribution >= 4 is 16.5 Å². The molecule has 1 aromatic carbocycles. The van der Waals surface area contributed by atoms with Crippen molar-refractivity contribution in [2.75, 3.05) is 26.1 Å². The average Bonchev–Trinajstić information content (AvgIpc) is 2.89. The maximum Gasteiger partial charge on any atom is 0.230 e. The summed E-state index contributed by atoms with van der Waals surface area (Å²) < 4.78 is 18.2. The minimum Gasteiger partial charge on any atom is -0.480 e. The predicted octanol–water partition coefficient (Wildman–Crippen LogP) is 3.21. The van der Waals surface area contributed by atoms with E-state index in [1.807, 2.05) is 25.9 Å². The van der Waals surface area contributed by atoms with Gasteiger partial charge in [-0.05, 0) is 24.6 Å². The van der Waals surface area contributed by atoms with Crippen LogP contribution >= 0.6 is 11.3 Å². The molecule has 0 saturated carbocycles. The Bertz CT molecular complexity index is 583. The van der Waals surface area contributed by atoms with Crippen LogP contribution in [0.2, 0.25) is 0 Å². The van der Waals surface area contributed by atoms with Gasteiger partial charge in [0.15, 0.2) is 5.13 Å². The maximum absolute atomic E-state index is 12.9. The lowest BCUT2D eigenvalue weighted by molar-refractivity contribution is 0.393. The van der Waals surface area contributed by atoms with Gasteiger partial charge in [-0.3, -0.25) is 0 Å². The topological polar surface area (TPSA) is 37.4 Å². The molecule has 0 radical (unpaired) electrons. The first-order valence-electron chi connectivity index (χ1n) is 6.71. The molecular weight excluding hydrogens is 289 g/mol. The summed E-state index contributed by atoms with van der Waals surface area (Å²) >= 11 is 1.60.